The molecule has 2 heterocycles. The van der Waals surface area contributed by atoms with Gasteiger partial charge in [-0.3, -0.25) is 4.79 Å². The van der Waals surface area contributed by atoms with Crippen molar-refractivity contribution in [3.63, 3.8) is 0 Å². The number of carbonyl (C=O) groups excluding carboxylic acids is 1. The summed E-state index contributed by atoms with van der Waals surface area (Å²) >= 11 is 0. The number of hydrogen-bond acceptors (Lipinski definition) is 13. The van der Waals surface area contributed by atoms with Gasteiger partial charge in [-0.25, -0.2) is 0 Å². The summed E-state index contributed by atoms with van der Waals surface area (Å²) in [7, 11) is 0. The number of allylic oxidation sites excluding steroid dienone is 13. The second kappa shape index (κ2) is 74.9. The standard InChI is InChI=1S/C92H167NO13/c1-3-5-7-9-11-13-15-17-19-21-23-25-27-29-31-33-35-37-38-39-40-41-42-44-46-48-50-52-54-56-58-60-62-64-66-68-70-72-74-76-84(97)93-80(79-103-91-89(102)87(100)90(83(78-95)105-91)106-92-88(101)86(99)85(98)82(77-94)104-92)81(96)75-73-71-69-67-65-63-61-59-57-55-53-51-49-47-45-43-36-34-32-30-28-26-24-22-20-18-16-14-12-10-8-6-4-2/h5,7,11,13,17,19,23,25,29,31,35,37,73,75,80-83,85-92,94-96,98-102H,3-4,6,8-10,12,14-16,18,20-22,24,26-28,30,32-34,36,38-72,74,76-79H2,1-2H3,(H,93,97)/b7-5-,13-11-,19-17-,25-23-,31-29-,37-35-,75-73+. The normalized spacial score (nSPS) is 21.7. The number of hydrogen-bond donors (Lipinski definition) is 9. The molecule has 0 saturated carbocycles. The zero-order valence-corrected chi connectivity index (χ0v) is 68.2. The van der Waals surface area contributed by atoms with Gasteiger partial charge in [0.25, 0.3) is 0 Å². The molecule has 9 N–H and O–H groups in total. The molecule has 0 bridgehead atoms. The van der Waals surface area contributed by atoms with Crippen LogP contribution in [0.2, 0.25) is 0 Å². The number of aliphatic hydroxyl groups excluding tert-OH is 8. The van der Waals surface area contributed by atoms with Crippen LogP contribution in [0.4, 0.5) is 0 Å². The Morgan fingerprint density at radius 1 is 0.349 bits per heavy atom. The maximum absolute atomic E-state index is 13.4. The van der Waals surface area contributed by atoms with Gasteiger partial charge in [0, 0.05) is 6.42 Å². The van der Waals surface area contributed by atoms with E-state index in [1.807, 2.05) is 6.08 Å². The minimum atomic E-state index is -1.79. The van der Waals surface area contributed by atoms with Gasteiger partial charge in [-0.15, -0.1) is 0 Å². The van der Waals surface area contributed by atoms with E-state index >= 15 is 0 Å². The summed E-state index contributed by atoms with van der Waals surface area (Å²) in [5.41, 5.74) is 0. The lowest BCUT2D eigenvalue weighted by molar-refractivity contribution is -0.359. The average Bonchev–Trinajstić information content (AvgIpc) is 0.789. The van der Waals surface area contributed by atoms with Crippen LogP contribution in [0.15, 0.2) is 85.1 Å². The van der Waals surface area contributed by atoms with Crippen LogP contribution in [0.25, 0.3) is 0 Å². The summed E-state index contributed by atoms with van der Waals surface area (Å²) in [5, 5.41) is 87.9. The van der Waals surface area contributed by atoms with Gasteiger partial charge in [-0.1, -0.05) is 407 Å². The second-order valence-electron chi connectivity index (χ2n) is 31.4. The van der Waals surface area contributed by atoms with Gasteiger partial charge in [0.2, 0.25) is 5.91 Å². The molecule has 12 unspecified atom stereocenters. The first-order valence-corrected chi connectivity index (χ1v) is 44.8. The molecule has 0 aliphatic carbocycles. The number of amides is 1. The third kappa shape index (κ3) is 56.4. The number of rotatable bonds is 76. The molecule has 1 amide bonds. The van der Waals surface area contributed by atoms with Gasteiger partial charge in [0.1, 0.15) is 48.8 Å². The molecule has 2 aliphatic rings. The molecule has 14 heteroatoms. The lowest BCUT2D eigenvalue weighted by Crippen LogP contribution is -2.65. The van der Waals surface area contributed by atoms with E-state index in [0.717, 1.165) is 77.0 Å². The van der Waals surface area contributed by atoms with Crippen molar-refractivity contribution in [2.45, 2.75) is 473 Å². The molecule has 0 spiro atoms. The zero-order valence-electron chi connectivity index (χ0n) is 68.2. The maximum Gasteiger partial charge on any atom is 0.220 e. The third-order valence-electron chi connectivity index (χ3n) is 21.6. The minimum absolute atomic E-state index is 0.233. The van der Waals surface area contributed by atoms with Gasteiger partial charge >= 0.3 is 0 Å². The highest BCUT2D eigenvalue weighted by Gasteiger charge is 2.51. The summed E-state index contributed by atoms with van der Waals surface area (Å²) in [6.45, 7) is 2.75. The fourth-order valence-electron chi connectivity index (χ4n) is 14.6. The second-order valence-corrected chi connectivity index (χ2v) is 31.4. The predicted octanol–water partition coefficient (Wildman–Crippen LogP) is 21.8. The van der Waals surface area contributed by atoms with Crippen molar-refractivity contribution in [2.75, 3.05) is 19.8 Å². The highest BCUT2D eigenvalue weighted by Crippen LogP contribution is 2.31. The molecular formula is C92H167NO13. The van der Waals surface area contributed by atoms with Crippen LogP contribution in [-0.2, 0) is 23.7 Å². The molecule has 2 fully saturated rings. The minimum Gasteiger partial charge on any atom is -0.394 e. The van der Waals surface area contributed by atoms with Crippen LogP contribution in [0.1, 0.15) is 399 Å². The van der Waals surface area contributed by atoms with Crippen molar-refractivity contribution in [1.82, 2.24) is 5.32 Å². The molecular weight excluding hydrogens is 1330 g/mol. The summed E-state index contributed by atoms with van der Waals surface area (Å²) < 4.78 is 23.0. The average molecular weight is 1500 g/mol. The van der Waals surface area contributed by atoms with Crippen LogP contribution >= 0.6 is 0 Å². The Kier molecular flexibility index (Phi) is 70.1. The molecule has 14 nitrogen and oxygen atoms in total. The number of nitrogens with one attached hydrogen (secondary N) is 1. The van der Waals surface area contributed by atoms with Gasteiger partial charge in [-0.2, -0.15) is 0 Å². The van der Waals surface area contributed by atoms with E-state index in [0.29, 0.717) is 6.42 Å². The first kappa shape index (κ1) is 99.2. The quantitative estimate of drug-likeness (QED) is 0.0204. The molecule has 0 aromatic heterocycles. The molecule has 0 radical (unpaired) electrons. The molecule has 2 rings (SSSR count). The fraction of sp³-hybridized carbons (Fsp3) is 0.837. The van der Waals surface area contributed by atoms with E-state index in [2.05, 4.69) is 92.1 Å². The number of carbonyl (C=O) groups is 1. The Hall–Kier alpha value is -2.83. The van der Waals surface area contributed by atoms with Gasteiger partial charge in [0.05, 0.1) is 32.0 Å². The van der Waals surface area contributed by atoms with E-state index < -0.39 is 86.8 Å². The Labute approximate surface area is 650 Å². The smallest absolute Gasteiger partial charge is 0.220 e. The fourth-order valence-corrected chi connectivity index (χ4v) is 14.6. The van der Waals surface area contributed by atoms with Crippen molar-refractivity contribution >= 4 is 5.91 Å². The van der Waals surface area contributed by atoms with E-state index in [-0.39, 0.29) is 18.9 Å². The monoisotopic (exact) mass is 1490 g/mol. The molecule has 106 heavy (non-hydrogen) atoms. The molecule has 618 valence electrons. The predicted molar refractivity (Wildman–Crippen MR) is 443 cm³/mol. The van der Waals surface area contributed by atoms with Gasteiger partial charge in [-0.05, 0) is 70.6 Å². The van der Waals surface area contributed by atoms with Crippen LogP contribution in [0.5, 0.6) is 0 Å². The van der Waals surface area contributed by atoms with Crippen LogP contribution in [-0.4, -0.2) is 140 Å². The van der Waals surface area contributed by atoms with Gasteiger partial charge in [0.15, 0.2) is 12.6 Å². The maximum atomic E-state index is 13.4. The Bertz CT molecular complexity index is 2110. The molecule has 0 aromatic rings. The van der Waals surface area contributed by atoms with Crippen LogP contribution < -0.4 is 5.32 Å². The topological polar surface area (TPSA) is 228 Å². The third-order valence-corrected chi connectivity index (χ3v) is 21.6. The Morgan fingerprint density at radius 2 is 0.651 bits per heavy atom. The van der Waals surface area contributed by atoms with Gasteiger partial charge < -0.3 is 65.1 Å². The summed E-state index contributed by atoms with van der Waals surface area (Å²) in [6.07, 6.45) is 89.8. The van der Waals surface area contributed by atoms with E-state index in [1.54, 1.807) is 6.08 Å². The first-order valence-electron chi connectivity index (χ1n) is 44.8. The number of aliphatic hydroxyl groups is 8. The molecule has 2 saturated heterocycles. The summed E-state index contributed by atoms with van der Waals surface area (Å²) in [4.78, 5) is 13.4. The van der Waals surface area contributed by atoms with Crippen molar-refractivity contribution < 1.29 is 64.6 Å². The van der Waals surface area contributed by atoms with Crippen molar-refractivity contribution in [1.29, 1.82) is 0 Å². The lowest BCUT2D eigenvalue weighted by Gasteiger charge is -2.46. The molecule has 0 aromatic carbocycles. The summed E-state index contributed by atoms with van der Waals surface area (Å²) in [6, 6.07) is -0.919. The highest BCUT2D eigenvalue weighted by atomic mass is 16.7. The first-order chi connectivity index (χ1) is 52.1. The zero-order chi connectivity index (χ0) is 76.5. The van der Waals surface area contributed by atoms with E-state index in [9.17, 15) is 45.6 Å². The van der Waals surface area contributed by atoms with Crippen LogP contribution in [0, 0.1) is 0 Å². The van der Waals surface area contributed by atoms with Crippen LogP contribution in [0.3, 0.4) is 0 Å². The lowest BCUT2D eigenvalue weighted by atomic mass is 9.97. The van der Waals surface area contributed by atoms with Crippen molar-refractivity contribution in [2.24, 2.45) is 0 Å². The van der Waals surface area contributed by atoms with Crippen molar-refractivity contribution in [3.8, 4) is 0 Å². The molecule has 12 atom stereocenters. The Balaban J connectivity index is 1.57. The SMILES string of the molecule is CC/C=C\C/C=C\C/C=C\C/C=C\C/C=C\C/C=C\CCCCCCCCCCCCCCCCCCCCCCC(=O)NC(COC1OC(CO)C(OC2OC(CO)C(O)C(O)C2O)C(O)C1O)C(O)/C=C/CCCCCCCCCCCCCCCCCCCCCCCCCCCCCCCCC. The van der Waals surface area contributed by atoms with Crippen molar-refractivity contribution in [3.05, 3.63) is 85.1 Å². The van der Waals surface area contributed by atoms with E-state index in [4.69, 9.17) is 18.9 Å². The highest BCUT2D eigenvalue weighted by molar-refractivity contribution is 5.76. The largest absolute Gasteiger partial charge is 0.394 e. The summed E-state index contributed by atoms with van der Waals surface area (Å²) in [5.74, 6) is -0.233. The Morgan fingerprint density at radius 3 is 1.00 bits per heavy atom. The molecule has 2 aliphatic heterocycles. The number of unbranched alkanes of at least 4 members (excludes halogenated alkanes) is 51. The van der Waals surface area contributed by atoms with E-state index in [1.165, 1.54) is 295 Å². The number of ether oxygens (including phenoxy) is 4.